The highest BCUT2D eigenvalue weighted by Crippen LogP contribution is 2.26. The van der Waals surface area contributed by atoms with Gasteiger partial charge in [-0.1, -0.05) is 49.7 Å². The van der Waals surface area contributed by atoms with Crippen LogP contribution in [0, 0.1) is 29.9 Å². The molecule has 1 aliphatic rings. The molecule has 194 valence electrons. The van der Waals surface area contributed by atoms with E-state index in [2.05, 4.69) is 10.3 Å². The maximum atomic E-state index is 13.3. The molecule has 0 fully saturated rings. The highest BCUT2D eigenvalue weighted by Gasteiger charge is 2.39. The lowest BCUT2D eigenvalue weighted by Crippen LogP contribution is -2.57. The molecular weight excluding hydrogens is 456 g/mol. The van der Waals surface area contributed by atoms with Crippen LogP contribution in [0.25, 0.3) is 0 Å². The highest BCUT2D eigenvalue weighted by atomic mass is 16.6. The third-order valence-corrected chi connectivity index (χ3v) is 6.49. The predicted octanol–water partition coefficient (Wildman–Crippen LogP) is 3.51. The minimum Gasteiger partial charge on any atom is -0.351 e. The summed E-state index contributed by atoms with van der Waals surface area (Å²) in [5, 5.41) is 15.3. The van der Waals surface area contributed by atoms with E-state index in [1.54, 1.807) is 0 Å². The van der Waals surface area contributed by atoms with Gasteiger partial charge in [0.25, 0.3) is 5.70 Å². The van der Waals surface area contributed by atoms with Crippen LogP contribution in [0.3, 0.4) is 0 Å². The van der Waals surface area contributed by atoms with Gasteiger partial charge in [0.2, 0.25) is 5.91 Å². The van der Waals surface area contributed by atoms with Crippen LogP contribution < -0.4 is 5.32 Å². The number of nitrogens with one attached hydrogen (secondary N) is 1. The van der Waals surface area contributed by atoms with Crippen LogP contribution in [0.5, 0.6) is 0 Å². The second kappa shape index (κ2) is 12.0. The number of aryl methyl sites for hydroxylation is 2. The number of pyridine rings is 1. The monoisotopic (exact) mass is 494 g/mol. The fourth-order valence-corrected chi connectivity index (χ4v) is 4.66. The molecule has 1 amide bonds. The van der Waals surface area contributed by atoms with E-state index in [0.717, 1.165) is 22.4 Å². The first-order valence-corrected chi connectivity index (χ1v) is 12.4. The minimum atomic E-state index is -0.495. The first-order chi connectivity index (χ1) is 17.1. The molecule has 2 heterocycles. The molecule has 0 saturated heterocycles. The lowest BCUT2D eigenvalue weighted by Gasteiger charge is -2.42. The van der Waals surface area contributed by atoms with Gasteiger partial charge in [-0.3, -0.25) is 24.8 Å². The summed E-state index contributed by atoms with van der Waals surface area (Å²) in [6, 6.07) is 11.5. The van der Waals surface area contributed by atoms with E-state index in [1.165, 1.54) is 0 Å². The van der Waals surface area contributed by atoms with E-state index >= 15 is 0 Å². The summed E-state index contributed by atoms with van der Waals surface area (Å²) in [5.74, 6) is 0.442. The second-order valence-electron chi connectivity index (χ2n) is 9.83. The van der Waals surface area contributed by atoms with Gasteiger partial charge in [0.05, 0.1) is 24.2 Å². The molecule has 1 N–H and O–H groups in total. The van der Waals surface area contributed by atoms with Crippen molar-refractivity contribution in [3.8, 4) is 0 Å². The number of hydrogen-bond acceptors (Lipinski definition) is 7. The number of carbonyl (C=O) groups excluding carboxylic acids is 1. The fourth-order valence-electron chi connectivity index (χ4n) is 4.66. The van der Waals surface area contributed by atoms with E-state index in [4.69, 9.17) is 0 Å². The van der Waals surface area contributed by atoms with Gasteiger partial charge in [-0.25, -0.2) is 0 Å². The summed E-state index contributed by atoms with van der Waals surface area (Å²) in [7, 11) is 1.85. The lowest BCUT2D eigenvalue weighted by atomic mass is 10.0. The van der Waals surface area contributed by atoms with Crippen LogP contribution in [-0.4, -0.2) is 63.4 Å². The molecule has 1 aromatic carbocycles. The quantitative estimate of drug-likeness (QED) is 0.399. The van der Waals surface area contributed by atoms with Crippen molar-refractivity contribution in [1.82, 2.24) is 25.0 Å². The third-order valence-electron chi connectivity index (χ3n) is 6.49. The van der Waals surface area contributed by atoms with E-state index in [9.17, 15) is 14.9 Å². The van der Waals surface area contributed by atoms with Crippen molar-refractivity contribution < 1.29 is 9.72 Å². The fraction of sp³-hybridized carbons (Fsp3) is 0.481. The van der Waals surface area contributed by atoms with Crippen LogP contribution in [-0.2, 0) is 17.9 Å². The molecule has 0 aliphatic carbocycles. The van der Waals surface area contributed by atoms with Crippen molar-refractivity contribution in [3.63, 3.8) is 0 Å². The van der Waals surface area contributed by atoms with E-state index in [-0.39, 0.29) is 29.0 Å². The number of carbonyl (C=O) groups is 1. The second-order valence-corrected chi connectivity index (χ2v) is 9.83. The number of aromatic nitrogens is 1. The molecule has 2 aromatic rings. The van der Waals surface area contributed by atoms with Crippen LogP contribution in [0.4, 0.5) is 0 Å². The molecule has 9 heteroatoms. The van der Waals surface area contributed by atoms with Gasteiger partial charge in [0.1, 0.15) is 0 Å². The molecule has 1 atom stereocenters. The Bertz CT molecular complexity index is 1080. The Balaban J connectivity index is 1.81. The highest BCUT2D eigenvalue weighted by molar-refractivity contribution is 5.82. The zero-order valence-corrected chi connectivity index (χ0v) is 22.2. The van der Waals surface area contributed by atoms with Gasteiger partial charge < -0.3 is 15.1 Å². The van der Waals surface area contributed by atoms with Crippen LogP contribution in [0.2, 0.25) is 0 Å². The third kappa shape index (κ3) is 6.60. The number of hydrogen-bond donors (Lipinski definition) is 1. The first kappa shape index (κ1) is 27.1. The normalized spacial score (nSPS) is 15.2. The maximum Gasteiger partial charge on any atom is 0.300 e. The van der Waals surface area contributed by atoms with Crippen LogP contribution >= 0.6 is 0 Å². The number of nitro groups is 1. The summed E-state index contributed by atoms with van der Waals surface area (Å²) >= 11 is 0. The van der Waals surface area contributed by atoms with Crippen molar-refractivity contribution in [3.05, 3.63) is 86.6 Å². The summed E-state index contributed by atoms with van der Waals surface area (Å²) in [6.45, 7) is 11.9. The molecule has 1 aromatic heterocycles. The van der Waals surface area contributed by atoms with Gasteiger partial charge in [-0.05, 0) is 43.9 Å². The topological polar surface area (TPSA) is 94.8 Å². The molecule has 0 spiro atoms. The van der Waals surface area contributed by atoms with E-state index in [0.29, 0.717) is 32.1 Å². The number of amides is 1. The van der Waals surface area contributed by atoms with Gasteiger partial charge >= 0.3 is 0 Å². The van der Waals surface area contributed by atoms with Crippen molar-refractivity contribution >= 4 is 5.91 Å². The van der Waals surface area contributed by atoms with Crippen LogP contribution in [0.15, 0.2) is 54.1 Å². The van der Waals surface area contributed by atoms with Gasteiger partial charge in [0, 0.05) is 38.6 Å². The minimum absolute atomic E-state index is 0.0214. The molecule has 3 rings (SSSR count). The molecule has 1 unspecified atom stereocenters. The zero-order valence-electron chi connectivity index (χ0n) is 22.2. The van der Waals surface area contributed by atoms with Crippen LogP contribution in [0.1, 0.15) is 43.2 Å². The zero-order chi connectivity index (χ0) is 26.4. The van der Waals surface area contributed by atoms with E-state index in [1.807, 2.05) is 99.0 Å². The molecular formula is C27H38N6O3. The lowest BCUT2D eigenvalue weighted by molar-refractivity contribution is -0.434. The molecule has 1 aliphatic heterocycles. The maximum absolute atomic E-state index is 13.3. The van der Waals surface area contributed by atoms with Crippen molar-refractivity contribution in [1.29, 1.82) is 0 Å². The summed E-state index contributed by atoms with van der Waals surface area (Å²) in [6.07, 6.45) is 1.81. The van der Waals surface area contributed by atoms with Gasteiger partial charge in [-0.15, -0.1) is 0 Å². The first-order valence-electron chi connectivity index (χ1n) is 12.4. The molecule has 0 radical (unpaired) electrons. The number of nitrogens with zero attached hydrogens (tertiary/aromatic N) is 5. The number of benzene rings is 1. The predicted molar refractivity (Wildman–Crippen MR) is 140 cm³/mol. The van der Waals surface area contributed by atoms with Crippen molar-refractivity contribution in [2.24, 2.45) is 5.92 Å². The largest absolute Gasteiger partial charge is 0.351 e. The molecule has 36 heavy (non-hydrogen) atoms. The molecule has 9 nitrogen and oxygen atoms in total. The molecule has 0 bridgehead atoms. The average Bonchev–Trinajstić information content (AvgIpc) is 2.83. The summed E-state index contributed by atoms with van der Waals surface area (Å²) in [5.41, 5.74) is 4.20. The summed E-state index contributed by atoms with van der Waals surface area (Å²) in [4.78, 5) is 35.3. The number of rotatable bonds is 10. The van der Waals surface area contributed by atoms with Crippen molar-refractivity contribution in [2.75, 3.05) is 26.8 Å². The molecule has 0 saturated carbocycles. The van der Waals surface area contributed by atoms with Gasteiger partial charge in [-0.2, -0.15) is 0 Å². The van der Waals surface area contributed by atoms with Crippen molar-refractivity contribution in [2.45, 2.75) is 53.8 Å². The Kier molecular flexibility index (Phi) is 9.03. The average molecular weight is 495 g/mol. The Labute approximate surface area is 213 Å². The Morgan fingerprint density at radius 3 is 2.39 bits per heavy atom. The Morgan fingerprint density at radius 1 is 1.17 bits per heavy atom. The smallest absolute Gasteiger partial charge is 0.300 e. The SMILES string of the molecule is CCN(Cc1ccc(C)nc1)C1=C([N+](=O)[O-])CN(C(C(=O)NCc2ccc(C)cc2)C(C)C)CN1C. The Morgan fingerprint density at radius 2 is 1.83 bits per heavy atom. The summed E-state index contributed by atoms with van der Waals surface area (Å²) < 4.78 is 0. The standard InChI is InChI=1S/C27H38N6O3/c1-7-31(16-23-13-10-21(5)28-15-23)27-24(33(35)36)17-32(18-30(27)6)25(19(2)3)26(34)29-14-22-11-8-20(4)9-12-22/h8-13,15,19,25H,7,14,16-18H2,1-6H3,(H,29,34). The Hall–Kier alpha value is -3.46. The van der Waals surface area contributed by atoms with Gasteiger partial charge in [0.15, 0.2) is 5.82 Å². The van der Waals surface area contributed by atoms with E-state index < -0.39 is 6.04 Å².